The number of aliphatic hydroxyl groups is 1. The molecule has 0 aliphatic carbocycles. The van der Waals surface area contributed by atoms with E-state index < -0.39 is 65.7 Å². The van der Waals surface area contributed by atoms with Gasteiger partial charge in [-0.25, -0.2) is 9.78 Å². The highest BCUT2D eigenvalue weighted by atomic mass is 16.6. The molecule has 8 atom stereocenters. The van der Waals surface area contributed by atoms with Crippen molar-refractivity contribution in [2.75, 3.05) is 39.3 Å². The third-order valence-corrected chi connectivity index (χ3v) is 8.60. The molecule has 2 aliphatic rings. The van der Waals surface area contributed by atoms with Crippen molar-refractivity contribution in [3.8, 4) is 0 Å². The lowest BCUT2D eigenvalue weighted by Gasteiger charge is -2.23. The molecule has 2 unspecified atom stereocenters. The number of carbonyl (C=O) groups excluding carboxylic acids is 2. The average Bonchev–Trinajstić information content (AvgIpc) is 3.73. The molecule has 19 heteroatoms. The Balaban J connectivity index is 1.32. The maximum Gasteiger partial charge on any atom is 0.330 e. The SMILES string of the molecule is CC[C@H]1O[C@@H](n2ccc(=O)[nH]c2=O)[C@@H](OC)C1CC(=O)NC[C@H]1O[C@@H](n2cnc3c(=O)[nH]c(NC(=O)C(C)C)nc32)[C@@H](OCCOC)C1O. The van der Waals surface area contributed by atoms with E-state index in [1.165, 1.54) is 41.9 Å². The number of amides is 2. The molecule has 0 bridgehead atoms. The van der Waals surface area contributed by atoms with Gasteiger partial charge in [-0.3, -0.25) is 43.6 Å². The number of hydrogen-bond acceptors (Lipinski definition) is 13. The van der Waals surface area contributed by atoms with Crippen molar-refractivity contribution in [3.63, 3.8) is 0 Å². The van der Waals surface area contributed by atoms with Crippen molar-refractivity contribution in [1.29, 1.82) is 0 Å². The third-order valence-electron chi connectivity index (χ3n) is 8.60. The van der Waals surface area contributed by atoms with Gasteiger partial charge in [0.2, 0.25) is 17.8 Å². The van der Waals surface area contributed by atoms with Crippen molar-refractivity contribution in [2.24, 2.45) is 11.8 Å². The Morgan fingerprint density at radius 3 is 2.47 bits per heavy atom. The van der Waals surface area contributed by atoms with E-state index in [0.717, 1.165) is 0 Å². The number of aromatic amines is 2. The molecule has 268 valence electrons. The molecule has 2 aliphatic heterocycles. The summed E-state index contributed by atoms with van der Waals surface area (Å²) in [6.07, 6.45) is -3.03. The van der Waals surface area contributed by atoms with Gasteiger partial charge in [0.05, 0.1) is 25.6 Å². The highest BCUT2D eigenvalue weighted by Gasteiger charge is 2.48. The van der Waals surface area contributed by atoms with Gasteiger partial charge in [-0.15, -0.1) is 0 Å². The normalized spacial score (nSPS) is 26.8. The second-order valence-corrected chi connectivity index (χ2v) is 12.1. The summed E-state index contributed by atoms with van der Waals surface area (Å²) in [7, 11) is 2.96. The quantitative estimate of drug-likeness (QED) is 0.128. The number of ether oxygens (including phenoxy) is 5. The number of nitrogens with zero attached hydrogens (tertiary/aromatic N) is 4. The minimum absolute atomic E-state index is 0.0209. The van der Waals surface area contributed by atoms with E-state index in [-0.39, 0.29) is 61.0 Å². The molecule has 19 nitrogen and oxygen atoms in total. The van der Waals surface area contributed by atoms with Crippen LogP contribution in [0.5, 0.6) is 0 Å². The van der Waals surface area contributed by atoms with E-state index >= 15 is 0 Å². The number of nitrogens with one attached hydrogen (secondary N) is 4. The fraction of sp³-hybridized carbons (Fsp3) is 0.633. The van der Waals surface area contributed by atoms with E-state index in [9.17, 15) is 29.1 Å². The fourth-order valence-corrected chi connectivity index (χ4v) is 6.06. The fourth-order valence-electron chi connectivity index (χ4n) is 6.06. The minimum atomic E-state index is -1.23. The predicted octanol–water partition coefficient (Wildman–Crippen LogP) is -1.00. The van der Waals surface area contributed by atoms with Gasteiger partial charge in [-0.2, -0.15) is 4.98 Å². The number of H-pyrrole nitrogens is 2. The molecule has 49 heavy (non-hydrogen) atoms. The number of methoxy groups -OCH3 is 2. The van der Waals surface area contributed by atoms with Crippen molar-refractivity contribution in [1.82, 2.24) is 34.4 Å². The Kier molecular flexibility index (Phi) is 11.4. The summed E-state index contributed by atoms with van der Waals surface area (Å²) < 4.78 is 31.7. The second-order valence-electron chi connectivity index (χ2n) is 12.1. The summed E-state index contributed by atoms with van der Waals surface area (Å²) in [4.78, 5) is 75.7. The second kappa shape index (κ2) is 15.5. The molecule has 2 fully saturated rings. The summed E-state index contributed by atoms with van der Waals surface area (Å²) in [6, 6.07) is 1.20. The van der Waals surface area contributed by atoms with E-state index in [0.29, 0.717) is 6.42 Å². The predicted molar refractivity (Wildman–Crippen MR) is 171 cm³/mol. The highest BCUT2D eigenvalue weighted by molar-refractivity contribution is 5.91. The first-order chi connectivity index (χ1) is 23.5. The number of anilines is 1. The van der Waals surface area contributed by atoms with Crippen molar-refractivity contribution < 1.29 is 38.4 Å². The number of fused-ring (bicyclic) bond motifs is 1. The van der Waals surface area contributed by atoms with Crippen molar-refractivity contribution in [3.05, 3.63) is 49.8 Å². The Morgan fingerprint density at radius 2 is 1.80 bits per heavy atom. The van der Waals surface area contributed by atoms with E-state index in [4.69, 9.17) is 23.7 Å². The molecular weight excluding hydrogens is 648 g/mol. The first-order valence-electron chi connectivity index (χ1n) is 16.0. The molecule has 0 saturated carbocycles. The maximum absolute atomic E-state index is 13.3. The Morgan fingerprint density at radius 1 is 1.06 bits per heavy atom. The van der Waals surface area contributed by atoms with Crippen LogP contribution >= 0.6 is 0 Å². The third kappa shape index (κ3) is 7.66. The van der Waals surface area contributed by atoms with Crippen LogP contribution in [-0.4, -0.2) is 110 Å². The zero-order chi connectivity index (χ0) is 35.4. The first-order valence-corrected chi connectivity index (χ1v) is 16.0. The van der Waals surface area contributed by atoms with E-state index in [2.05, 4.69) is 30.6 Å². The molecule has 5 N–H and O–H groups in total. The Labute approximate surface area is 279 Å². The molecule has 0 aromatic carbocycles. The number of imidazole rings is 1. The van der Waals surface area contributed by atoms with Gasteiger partial charge in [0.1, 0.15) is 24.4 Å². The summed E-state index contributed by atoms with van der Waals surface area (Å²) in [5.74, 6) is -1.64. The monoisotopic (exact) mass is 690 g/mol. The van der Waals surface area contributed by atoms with Crippen LogP contribution in [0.25, 0.3) is 11.2 Å². The van der Waals surface area contributed by atoms with Crippen LogP contribution in [0.15, 0.2) is 33.0 Å². The van der Waals surface area contributed by atoms with Crippen molar-refractivity contribution >= 4 is 28.9 Å². The summed E-state index contributed by atoms with van der Waals surface area (Å²) in [5, 5.41) is 16.7. The van der Waals surface area contributed by atoms with Crippen LogP contribution in [-0.2, 0) is 33.3 Å². The first kappa shape index (κ1) is 36.0. The lowest BCUT2D eigenvalue weighted by atomic mass is 9.92. The molecule has 3 aromatic heterocycles. The van der Waals surface area contributed by atoms with Crippen LogP contribution in [0.1, 0.15) is 46.1 Å². The summed E-state index contributed by atoms with van der Waals surface area (Å²) in [5.41, 5.74) is -1.74. The summed E-state index contributed by atoms with van der Waals surface area (Å²) in [6.45, 7) is 5.49. The number of aliphatic hydroxyl groups excluding tert-OH is 1. The molecule has 2 saturated heterocycles. The van der Waals surface area contributed by atoms with Crippen LogP contribution in [0.4, 0.5) is 5.95 Å². The summed E-state index contributed by atoms with van der Waals surface area (Å²) >= 11 is 0. The number of hydrogen-bond donors (Lipinski definition) is 5. The zero-order valence-corrected chi connectivity index (χ0v) is 27.8. The molecule has 0 radical (unpaired) electrons. The van der Waals surface area contributed by atoms with E-state index in [1.807, 2.05) is 6.92 Å². The molecule has 5 heterocycles. The highest BCUT2D eigenvalue weighted by Crippen LogP contribution is 2.39. The standard InChI is InChI=1S/C30H42N8O11/c1-6-16-15(22(46-5)27(48-16)37-8-7-18(39)33-30(37)44)11-19(40)31-12-17-21(41)23(47-10-9-45-4)28(49-17)38-13-32-20-24(38)34-29(36-26(20)43)35-25(42)14(2)3/h7-8,13-17,21-23,27-28,41H,6,9-12H2,1-5H3,(H,31,40)(H,33,39,44)(H2,34,35,36,42,43)/t15?,16-,17-,21?,22+,23+,27-,28-/m1/s1. The lowest BCUT2D eigenvalue weighted by Crippen LogP contribution is -2.42. The average molecular weight is 691 g/mol. The van der Waals surface area contributed by atoms with Crippen LogP contribution in [0.2, 0.25) is 0 Å². The van der Waals surface area contributed by atoms with Gasteiger partial charge in [0.25, 0.3) is 11.1 Å². The Bertz CT molecular complexity index is 1800. The minimum Gasteiger partial charge on any atom is -0.387 e. The zero-order valence-electron chi connectivity index (χ0n) is 27.8. The number of carbonyl (C=O) groups is 2. The largest absolute Gasteiger partial charge is 0.387 e. The molecule has 0 spiro atoms. The number of aromatic nitrogens is 6. The van der Waals surface area contributed by atoms with Gasteiger partial charge in [-0.1, -0.05) is 20.8 Å². The van der Waals surface area contributed by atoms with Crippen LogP contribution < -0.4 is 27.4 Å². The smallest absolute Gasteiger partial charge is 0.330 e. The molecular formula is C30H42N8O11. The molecule has 2 amide bonds. The van der Waals surface area contributed by atoms with E-state index in [1.54, 1.807) is 13.8 Å². The van der Waals surface area contributed by atoms with Gasteiger partial charge in [0, 0.05) is 51.3 Å². The van der Waals surface area contributed by atoms with Crippen molar-refractivity contribution in [2.45, 2.75) is 76.6 Å². The van der Waals surface area contributed by atoms with Gasteiger partial charge in [-0.05, 0) is 6.42 Å². The topological polar surface area (TPSA) is 243 Å². The lowest BCUT2D eigenvalue weighted by molar-refractivity contribution is -0.124. The van der Waals surface area contributed by atoms with Gasteiger partial charge >= 0.3 is 5.69 Å². The molecule has 5 rings (SSSR count). The van der Waals surface area contributed by atoms with Gasteiger partial charge in [0.15, 0.2) is 23.6 Å². The van der Waals surface area contributed by atoms with Crippen LogP contribution in [0, 0.1) is 11.8 Å². The molecule has 3 aromatic rings. The Hall–Kier alpha value is -4.27. The maximum atomic E-state index is 13.3. The number of rotatable bonds is 14. The van der Waals surface area contributed by atoms with Crippen LogP contribution in [0.3, 0.4) is 0 Å². The van der Waals surface area contributed by atoms with Gasteiger partial charge < -0.3 is 34.1 Å².